The molecule has 0 aliphatic rings. The van der Waals surface area contributed by atoms with Gasteiger partial charge in [0, 0.05) is 19.5 Å². The van der Waals surface area contributed by atoms with Gasteiger partial charge in [-0.3, -0.25) is 0 Å². The van der Waals surface area contributed by atoms with Crippen LogP contribution in [-0.2, 0) is 19.5 Å². The van der Waals surface area contributed by atoms with E-state index in [1.807, 2.05) is 0 Å². The van der Waals surface area contributed by atoms with E-state index >= 15 is 0 Å². The Kier molecular flexibility index (Phi) is 21.4. The van der Waals surface area contributed by atoms with Crippen molar-refractivity contribution in [1.82, 2.24) is 0 Å². The maximum absolute atomic E-state index is 2.24. The molecule has 6 heteroatoms. The summed E-state index contributed by atoms with van der Waals surface area (Å²) in [6.45, 7) is 0. The Labute approximate surface area is 386 Å². The van der Waals surface area contributed by atoms with Crippen LogP contribution < -0.4 is 47.7 Å². The predicted octanol–water partition coefficient (Wildman–Crippen LogP) is 10.9. The van der Waals surface area contributed by atoms with E-state index in [2.05, 4.69) is 273 Å². The van der Waals surface area contributed by atoms with E-state index in [-0.39, 0.29) is 44.3 Å². The Hall–Kier alpha value is -4.53. The minimum absolute atomic E-state index is 0. The molecule has 0 amide bonds. The Bertz CT molecular complexity index is 1870. The van der Waals surface area contributed by atoms with Crippen LogP contribution >= 0.6 is 48.6 Å². The second-order valence-corrected chi connectivity index (χ2v) is 20.1. The molecular weight excluding hydrogens is 913 g/mol. The molecule has 60 heavy (non-hydrogen) atoms. The molecule has 300 valence electrons. The molecule has 0 atom stereocenters. The molecule has 0 fully saturated rings. The molecule has 9 aromatic rings. The Morgan fingerprint density at radius 3 is 0.483 bits per heavy atom. The normalized spacial score (nSPS) is 10.1. The van der Waals surface area contributed by atoms with Crippen LogP contribution in [0.5, 0.6) is 0 Å². The van der Waals surface area contributed by atoms with E-state index in [1.54, 1.807) is 0 Å². The fourth-order valence-electron chi connectivity index (χ4n) is 6.67. The van der Waals surface area contributed by atoms with E-state index < -0.39 is 23.8 Å². The van der Waals surface area contributed by atoms with Crippen molar-refractivity contribution in [2.45, 2.75) is 0 Å². The van der Waals surface area contributed by atoms with Gasteiger partial charge < -0.3 is 0 Å². The van der Waals surface area contributed by atoms with Crippen LogP contribution in [-0.4, -0.2) is 0 Å². The van der Waals surface area contributed by atoms with Gasteiger partial charge in [-0.25, -0.2) is 0 Å². The van der Waals surface area contributed by atoms with Crippen LogP contribution in [0.3, 0.4) is 0 Å². The van der Waals surface area contributed by atoms with Crippen molar-refractivity contribution >= 4 is 96.3 Å². The van der Waals surface area contributed by atoms with Crippen LogP contribution in [0.25, 0.3) is 0 Å². The van der Waals surface area contributed by atoms with E-state index in [4.69, 9.17) is 0 Å². The molecule has 0 nitrogen and oxygen atoms in total. The summed E-state index contributed by atoms with van der Waals surface area (Å²) in [5.74, 6) is 0. The molecule has 0 bridgehead atoms. The molecule has 0 aliphatic heterocycles. The zero-order valence-corrected chi connectivity index (χ0v) is 39.2. The number of rotatable bonds is 9. The van der Waals surface area contributed by atoms with Crippen molar-refractivity contribution in [2.24, 2.45) is 0 Å². The Morgan fingerprint density at radius 1 is 0.200 bits per heavy atom. The topological polar surface area (TPSA) is 0 Å². The fourth-order valence-corrected chi connectivity index (χ4v) is 13.9. The molecule has 0 saturated carbocycles. The standard InChI is InChI=1S/3C18H15P.2ClH.Ru/c3*1-4-10-16(11-5-1)19(17-12-6-2-7-13-17)18-14-8-3-9-15-18;;;/h3*1-15H;2*1H;/p+1. The zero-order chi connectivity index (χ0) is 38.7. The van der Waals surface area contributed by atoms with Crippen LogP contribution in [0.15, 0.2) is 273 Å². The molecule has 9 aromatic carbocycles. The molecule has 0 spiro atoms. The maximum Gasteiger partial charge on any atom is 0.102 e. The minimum Gasteiger partial charge on any atom is -0.147 e. The van der Waals surface area contributed by atoms with Crippen LogP contribution in [0.4, 0.5) is 0 Å². The monoisotopic (exact) mass is 961 g/mol. The molecule has 0 aliphatic carbocycles. The largest absolute Gasteiger partial charge is 0.147 e. The van der Waals surface area contributed by atoms with Gasteiger partial charge in [-0.2, -0.15) is 0 Å². The van der Waals surface area contributed by atoms with Crippen molar-refractivity contribution in [3.05, 3.63) is 273 Å². The summed E-state index contributed by atoms with van der Waals surface area (Å²) in [5.41, 5.74) is 0. The molecule has 0 radical (unpaired) electrons. The predicted molar refractivity (Wildman–Crippen MR) is 271 cm³/mol. The minimum atomic E-state index is -0.877. The SMILES string of the molecule is Cl.Cl.[Ru].c1ccc(P(c2ccccc2)c2ccccc2)cc1.c1ccc(P(c2ccccc2)c2ccccc2)cc1.c1ccc([PH+](c2ccccc2)c2ccccc2)cc1. The first kappa shape index (κ1) is 48.1. The first-order chi connectivity index (χ1) is 28.3. The summed E-state index contributed by atoms with van der Waals surface area (Å²) >= 11 is 0. The smallest absolute Gasteiger partial charge is 0.102 e. The second-order valence-electron chi connectivity index (χ2n) is 13.2. The molecule has 0 N–H and O–H groups in total. The van der Waals surface area contributed by atoms with Gasteiger partial charge in [0.1, 0.15) is 15.9 Å². The van der Waals surface area contributed by atoms with E-state index in [0.717, 1.165) is 0 Å². The first-order valence-electron chi connectivity index (χ1n) is 19.3. The molecule has 0 saturated heterocycles. The third-order valence-electron chi connectivity index (χ3n) is 9.27. The summed E-state index contributed by atoms with van der Waals surface area (Å²) in [5, 5.41) is 12.7. The van der Waals surface area contributed by atoms with Gasteiger partial charge in [0.25, 0.3) is 0 Å². The number of benzene rings is 9. The van der Waals surface area contributed by atoms with E-state index in [9.17, 15) is 0 Å². The van der Waals surface area contributed by atoms with Gasteiger partial charge in [0.2, 0.25) is 0 Å². The quantitative estimate of drug-likeness (QED) is 0.0999. The van der Waals surface area contributed by atoms with Gasteiger partial charge in [-0.05, 0) is 84.1 Å². The van der Waals surface area contributed by atoms with Crippen LogP contribution in [0.2, 0.25) is 0 Å². The van der Waals surface area contributed by atoms with Crippen LogP contribution in [0, 0.1) is 0 Å². The third-order valence-corrected chi connectivity index (χ3v) is 16.9. The summed E-state index contributed by atoms with van der Waals surface area (Å²) in [6.07, 6.45) is 0. The molecule has 0 heterocycles. The van der Waals surface area contributed by atoms with Gasteiger partial charge in [-0.1, -0.05) is 237 Å². The van der Waals surface area contributed by atoms with Gasteiger partial charge >= 0.3 is 0 Å². The third kappa shape index (κ3) is 13.8. The zero-order valence-electron chi connectivity index (χ0n) is 33.0. The first-order valence-corrected chi connectivity index (χ1v) is 23.5. The van der Waals surface area contributed by atoms with E-state index in [1.165, 1.54) is 47.7 Å². The van der Waals surface area contributed by atoms with Gasteiger partial charge in [0.05, 0.1) is 7.92 Å². The fraction of sp³-hybridized carbons (Fsp3) is 0. The molecular formula is C54H48Cl2P3Ru+. The maximum atomic E-state index is 2.24. The summed E-state index contributed by atoms with van der Waals surface area (Å²) < 4.78 is 0. The summed E-state index contributed by atoms with van der Waals surface area (Å²) in [6, 6.07) is 97.1. The summed E-state index contributed by atoms with van der Waals surface area (Å²) in [7, 11) is -1.77. The van der Waals surface area contributed by atoms with Crippen molar-refractivity contribution in [1.29, 1.82) is 0 Å². The Balaban J connectivity index is 0.000000194. The Morgan fingerprint density at radius 2 is 0.333 bits per heavy atom. The number of hydrogen-bond acceptors (Lipinski definition) is 0. The molecule has 9 rings (SSSR count). The van der Waals surface area contributed by atoms with Gasteiger partial charge in [-0.15, -0.1) is 24.8 Å². The average molecular weight is 962 g/mol. The van der Waals surface area contributed by atoms with Crippen molar-refractivity contribution in [3.8, 4) is 0 Å². The average Bonchev–Trinajstić information content (AvgIpc) is 3.30. The number of halogens is 2. The van der Waals surface area contributed by atoms with Crippen molar-refractivity contribution in [2.75, 3.05) is 0 Å². The van der Waals surface area contributed by atoms with Crippen molar-refractivity contribution < 1.29 is 19.5 Å². The van der Waals surface area contributed by atoms with E-state index in [0.29, 0.717) is 0 Å². The number of hydrogen-bond donors (Lipinski definition) is 0. The van der Waals surface area contributed by atoms with Crippen LogP contribution in [0.1, 0.15) is 0 Å². The summed E-state index contributed by atoms with van der Waals surface area (Å²) in [4.78, 5) is 0. The van der Waals surface area contributed by atoms with Gasteiger partial charge in [0.15, 0.2) is 0 Å². The molecule has 0 aromatic heterocycles. The second kappa shape index (κ2) is 26.6. The van der Waals surface area contributed by atoms with Crippen molar-refractivity contribution in [3.63, 3.8) is 0 Å². The molecule has 0 unspecified atom stereocenters.